The van der Waals surface area contributed by atoms with Crippen LogP contribution < -0.4 is 5.14 Å². The predicted molar refractivity (Wildman–Crippen MR) is 51.7 cm³/mol. The molecule has 0 bridgehead atoms. The monoisotopic (exact) mass is 232 g/mol. The second kappa shape index (κ2) is 2.75. The molecule has 0 atom stereocenters. The van der Waals surface area contributed by atoms with Gasteiger partial charge in [-0.25, -0.2) is 23.1 Å². The van der Waals surface area contributed by atoms with Crippen LogP contribution in [-0.2, 0) is 10.0 Å². The molecular formula is C6H8N4O2S2. The number of hydrogen-bond donors (Lipinski definition) is 1. The van der Waals surface area contributed by atoms with Gasteiger partial charge >= 0.3 is 0 Å². The second-order valence-electron chi connectivity index (χ2n) is 2.89. The van der Waals surface area contributed by atoms with E-state index in [-0.39, 0.29) is 4.34 Å². The number of sulfonamides is 1. The second-order valence-corrected chi connectivity index (χ2v) is 5.58. The van der Waals surface area contributed by atoms with E-state index in [2.05, 4.69) is 10.1 Å². The molecule has 2 aromatic rings. The third-order valence-corrected chi connectivity index (χ3v) is 4.11. The van der Waals surface area contributed by atoms with Crippen LogP contribution in [0.15, 0.2) is 4.34 Å². The van der Waals surface area contributed by atoms with Gasteiger partial charge < -0.3 is 0 Å². The Morgan fingerprint density at radius 2 is 2.07 bits per heavy atom. The minimum atomic E-state index is -3.72. The van der Waals surface area contributed by atoms with Gasteiger partial charge in [0.1, 0.15) is 0 Å². The Morgan fingerprint density at radius 1 is 1.43 bits per heavy atom. The third kappa shape index (κ3) is 1.31. The SMILES string of the molecule is Cc1nc2sc(S(N)(=O)=O)nn2c1C. The van der Waals surface area contributed by atoms with Crippen molar-refractivity contribution < 1.29 is 8.42 Å². The molecule has 14 heavy (non-hydrogen) atoms. The molecule has 0 aromatic carbocycles. The molecule has 0 unspecified atom stereocenters. The number of fused-ring (bicyclic) bond motifs is 1. The molecule has 0 amide bonds. The molecule has 6 nitrogen and oxygen atoms in total. The summed E-state index contributed by atoms with van der Waals surface area (Å²) in [5.74, 6) is 0. The predicted octanol–water partition coefficient (Wildman–Crippen LogP) is 0.0550. The van der Waals surface area contributed by atoms with Gasteiger partial charge in [-0.1, -0.05) is 11.3 Å². The van der Waals surface area contributed by atoms with Gasteiger partial charge in [-0.2, -0.15) is 0 Å². The average molecular weight is 232 g/mol. The van der Waals surface area contributed by atoms with Crippen molar-refractivity contribution in [2.75, 3.05) is 0 Å². The van der Waals surface area contributed by atoms with Crippen LogP contribution >= 0.6 is 11.3 Å². The Kier molecular flexibility index (Phi) is 1.88. The van der Waals surface area contributed by atoms with Gasteiger partial charge in [0.05, 0.1) is 11.4 Å². The number of imidazole rings is 1. The summed E-state index contributed by atoms with van der Waals surface area (Å²) in [5, 5.41) is 8.81. The average Bonchev–Trinajstić information content (AvgIpc) is 2.54. The van der Waals surface area contributed by atoms with E-state index < -0.39 is 10.0 Å². The summed E-state index contributed by atoms with van der Waals surface area (Å²) in [6.45, 7) is 3.66. The molecule has 2 N–H and O–H groups in total. The van der Waals surface area contributed by atoms with E-state index in [1.54, 1.807) is 0 Å². The lowest BCUT2D eigenvalue weighted by Crippen LogP contribution is -2.12. The van der Waals surface area contributed by atoms with E-state index in [9.17, 15) is 8.42 Å². The van der Waals surface area contributed by atoms with E-state index in [4.69, 9.17) is 5.14 Å². The third-order valence-electron chi connectivity index (χ3n) is 1.89. The number of aromatic nitrogens is 3. The normalized spacial score (nSPS) is 12.5. The van der Waals surface area contributed by atoms with Crippen molar-refractivity contribution in [1.82, 2.24) is 14.6 Å². The van der Waals surface area contributed by atoms with E-state index >= 15 is 0 Å². The van der Waals surface area contributed by atoms with E-state index in [0.29, 0.717) is 4.96 Å². The fraction of sp³-hybridized carbons (Fsp3) is 0.333. The Balaban J connectivity index is 2.77. The molecule has 76 valence electrons. The molecule has 0 aliphatic heterocycles. The van der Waals surface area contributed by atoms with Crippen molar-refractivity contribution in [2.45, 2.75) is 18.2 Å². The molecule has 0 aliphatic rings. The first-order valence-corrected chi connectivity index (χ1v) is 6.11. The summed E-state index contributed by atoms with van der Waals surface area (Å²) in [5.41, 5.74) is 1.66. The van der Waals surface area contributed by atoms with Crippen molar-refractivity contribution in [3.05, 3.63) is 11.4 Å². The van der Waals surface area contributed by atoms with Crippen molar-refractivity contribution in [2.24, 2.45) is 5.14 Å². The lowest BCUT2D eigenvalue weighted by molar-refractivity contribution is 0.594. The topological polar surface area (TPSA) is 90.3 Å². The summed E-state index contributed by atoms with van der Waals surface area (Å²) in [6, 6.07) is 0. The van der Waals surface area contributed by atoms with Crippen molar-refractivity contribution in [3.63, 3.8) is 0 Å². The smallest absolute Gasteiger partial charge is 0.223 e. The van der Waals surface area contributed by atoms with E-state index in [0.717, 1.165) is 22.7 Å². The first-order valence-electron chi connectivity index (χ1n) is 3.75. The largest absolute Gasteiger partial charge is 0.267 e. The molecule has 0 saturated carbocycles. The van der Waals surface area contributed by atoms with Gasteiger partial charge in [0.2, 0.25) is 9.30 Å². The maximum Gasteiger partial charge on any atom is 0.267 e. The maximum atomic E-state index is 11.0. The Hall–Kier alpha value is -0.990. The molecule has 8 heteroatoms. The lowest BCUT2D eigenvalue weighted by atomic mass is 10.4. The summed E-state index contributed by atoms with van der Waals surface area (Å²) in [7, 11) is -3.72. The summed E-state index contributed by atoms with van der Waals surface area (Å²) in [6.07, 6.45) is 0. The first-order chi connectivity index (χ1) is 6.39. The number of rotatable bonds is 1. The molecule has 2 heterocycles. The van der Waals surface area contributed by atoms with Crippen LogP contribution in [-0.4, -0.2) is 23.0 Å². The molecule has 2 rings (SSSR count). The highest BCUT2D eigenvalue weighted by Crippen LogP contribution is 2.20. The number of hydrogen-bond acceptors (Lipinski definition) is 5. The number of aryl methyl sites for hydroxylation is 2. The van der Waals surface area contributed by atoms with Crippen LogP contribution in [0.3, 0.4) is 0 Å². The van der Waals surface area contributed by atoms with E-state index in [1.165, 1.54) is 4.52 Å². The minimum Gasteiger partial charge on any atom is -0.223 e. The van der Waals surface area contributed by atoms with Crippen LogP contribution in [0.1, 0.15) is 11.4 Å². The summed E-state index contributed by atoms with van der Waals surface area (Å²) >= 11 is 0.967. The van der Waals surface area contributed by atoms with Crippen LogP contribution in [0, 0.1) is 13.8 Å². The van der Waals surface area contributed by atoms with Crippen LogP contribution in [0.4, 0.5) is 0 Å². The van der Waals surface area contributed by atoms with Crippen LogP contribution in [0.5, 0.6) is 0 Å². The molecule has 0 fully saturated rings. The fourth-order valence-electron chi connectivity index (χ4n) is 1.05. The van der Waals surface area contributed by atoms with Crippen molar-refractivity contribution in [3.8, 4) is 0 Å². The van der Waals surface area contributed by atoms with Gasteiger partial charge in [0.15, 0.2) is 0 Å². The van der Waals surface area contributed by atoms with Gasteiger partial charge in [-0.05, 0) is 13.8 Å². The molecular weight excluding hydrogens is 224 g/mol. The zero-order chi connectivity index (χ0) is 10.5. The van der Waals surface area contributed by atoms with Crippen LogP contribution in [0.2, 0.25) is 0 Å². The van der Waals surface area contributed by atoms with Gasteiger partial charge in [0, 0.05) is 0 Å². The molecule has 2 aromatic heterocycles. The summed E-state index contributed by atoms with van der Waals surface area (Å²) < 4.78 is 23.3. The zero-order valence-electron chi connectivity index (χ0n) is 7.55. The number of primary sulfonamides is 1. The number of nitrogens with zero attached hydrogens (tertiary/aromatic N) is 3. The summed E-state index contributed by atoms with van der Waals surface area (Å²) in [4.78, 5) is 4.69. The molecule has 0 spiro atoms. The quantitative estimate of drug-likeness (QED) is 0.752. The Labute approximate surface area is 84.4 Å². The Morgan fingerprint density at radius 3 is 2.57 bits per heavy atom. The Bertz CT molecular complexity index is 595. The van der Waals surface area contributed by atoms with E-state index in [1.807, 2.05) is 13.8 Å². The van der Waals surface area contributed by atoms with Gasteiger partial charge in [-0.15, -0.1) is 5.10 Å². The fourth-order valence-corrected chi connectivity index (χ4v) is 2.66. The maximum absolute atomic E-state index is 11.0. The highest BCUT2D eigenvalue weighted by molar-refractivity contribution is 7.91. The standard InChI is InChI=1S/C6H8N4O2S2/c1-3-4(2)10-5(8-3)13-6(9-10)14(7,11)12/h1-2H3,(H2,7,11,12). The van der Waals surface area contributed by atoms with Gasteiger partial charge in [0.25, 0.3) is 10.0 Å². The number of nitrogens with two attached hydrogens (primary N) is 1. The molecule has 0 aliphatic carbocycles. The first kappa shape index (κ1) is 9.56. The zero-order valence-corrected chi connectivity index (χ0v) is 9.18. The highest BCUT2D eigenvalue weighted by Gasteiger charge is 2.17. The highest BCUT2D eigenvalue weighted by atomic mass is 32.2. The lowest BCUT2D eigenvalue weighted by Gasteiger charge is -1.89. The molecule has 0 saturated heterocycles. The van der Waals surface area contributed by atoms with Crippen LogP contribution in [0.25, 0.3) is 4.96 Å². The van der Waals surface area contributed by atoms with Crippen molar-refractivity contribution >= 4 is 26.3 Å². The van der Waals surface area contributed by atoms with Gasteiger partial charge in [-0.3, -0.25) is 0 Å². The van der Waals surface area contributed by atoms with Crippen molar-refractivity contribution in [1.29, 1.82) is 0 Å². The minimum absolute atomic E-state index is 0.108. The molecule has 0 radical (unpaired) electrons.